The third-order valence-corrected chi connectivity index (χ3v) is 3.78. The van der Waals surface area contributed by atoms with Gasteiger partial charge in [-0.05, 0) is 36.8 Å². The Balaban J connectivity index is 2.22. The zero-order valence-corrected chi connectivity index (χ0v) is 12.6. The molecule has 2 aromatic carbocycles. The molecule has 112 valence electrons. The summed E-state index contributed by atoms with van der Waals surface area (Å²) in [5.41, 5.74) is 0.542. The molecule has 2 rings (SSSR count). The number of hydrogen-bond donors (Lipinski definition) is 1. The zero-order chi connectivity index (χ0) is 15.6. The molecule has 0 spiro atoms. The van der Waals surface area contributed by atoms with Crippen LogP contribution < -0.4 is 5.32 Å². The van der Waals surface area contributed by atoms with E-state index in [0.29, 0.717) is 21.3 Å². The highest BCUT2D eigenvalue weighted by Gasteiger charge is 2.32. The van der Waals surface area contributed by atoms with E-state index in [1.165, 1.54) is 13.0 Å². The van der Waals surface area contributed by atoms with Crippen molar-refractivity contribution in [3.05, 3.63) is 63.1 Å². The van der Waals surface area contributed by atoms with Crippen LogP contribution in [0.5, 0.6) is 0 Å². The van der Waals surface area contributed by atoms with Crippen LogP contribution in [-0.2, 0) is 12.7 Å². The van der Waals surface area contributed by atoms with Gasteiger partial charge in [0.15, 0.2) is 0 Å². The van der Waals surface area contributed by atoms with Crippen LogP contribution in [0.4, 0.5) is 18.9 Å². The van der Waals surface area contributed by atoms with Gasteiger partial charge in [-0.3, -0.25) is 0 Å². The maximum Gasteiger partial charge on any atom is 0.416 e. The minimum absolute atomic E-state index is 0.184. The maximum atomic E-state index is 12.9. The average molecular weight is 334 g/mol. The van der Waals surface area contributed by atoms with E-state index in [1.54, 1.807) is 24.3 Å². The number of anilines is 1. The van der Waals surface area contributed by atoms with Crippen LogP contribution in [0.3, 0.4) is 0 Å². The van der Waals surface area contributed by atoms with Gasteiger partial charge in [-0.15, -0.1) is 0 Å². The number of nitrogens with one attached hydrogen (secondary N) is 1. The first kappa shape index (κ1) is 16.0. The van der Waals surface area contributed by atoms with E-state index >= 15 is 0 Å². The van der Waals surface area contributed by atoms with Crippen LogP contribution in [0.15, 0.2) is 36.4 Å². The molecule has 0 aromatic heterocycles. The Morgan fingerprint density at radius 2 is 1.67 bits per heavy atom. The number of rotatable bonds is 3. The summed E-state index contributed by atoms with van der Waals surface area (Å²) in [6.45, 7) is 1.68. The minimum Gasteiger partial charge on any atom is -0.381 e. The molecule has 0 bridgehead atoms. The van der Waals surface area contributed by atoms with Crippen molar-refractivity contribution >= 4 is 28.9 Å². The van der Waals surface area contributed by atoms with Crippen molar-refractivity contribution in [1.82, 2.24) is 0 Å². The van der Waals surface area contributed by atoms with Gasteiger partial charge in [0, 0.05) is 27.8 Å². The van der Waals surface area contributed by atoms with Gasteiger partial charge in [0.1, 0.15) is 0 Å². The van der Waals surface area contributed by atoms with E-state index in [-0.39, 0.29) is 12.1 Å². The third kappa shape index (κ3) is 3.83. The molecule has 0 aliphatic rings. The Kier molecular flexibility index (Phi) is 4.69. The normalized spacial score (nSPS) is 11.5. The maximum absolute atomic E-state index is 12.9. The van der Waals surface area contributed by atoms with Gasteiger partial charge >= 0.3 is 6.18 Å². The molecule has 0 unspecified atom stereocenters. The van der Waals surface area contributed by atoms with E-state index in [0.717, 1.165) is 6.07 Å². The summed E-state index contributed by atoms with van der Waals surface area (Å²) in [5, 5.41) is 3.85. The molecule has 1 nitrogen and oxygen atoms in total. The first-order valence-corrected chi connectivity index (χ1v) is 6.89. The van der Waals surface area contributed by atoms with E-state index in [1.807, 2.05) is 0 Å². The van der Waals surface area contributed by atoms with Gasteiger partial charge in [-0.25, -0.2) is 0 Å². The van der Waals surface area contributed by atoms with Crippen molar-refractivity contribution < 1.29 is 13.2 Å². The van der Waals surface area contributed by atoms with Gasteiger partial charge in [0.25, 0.3) is 0 Å². The average Bonchev–Trinajstić information content (AvgIpc) is 2.38. The Morgan fingerprint density at radius 3 is 2.24 bits per heavy atom. The summed E-state index contributed by atoms with van der Waals surface area (Å²) in [6, 6.07) is 9.18. The lowest BCUT2D eigenvalue weighted by Gasteiger charge is -2.14. The van der Waals surface area contributed by atoms with Crippen molar-refractivity contribution in [2.75, 3.05) is 5.32 Å². The lowest BCUT2D eigenvalue weighted by atomic mass is 10.1. The summed E-state index contributed by atoms with van der Waals surface area (Å²) in [4.78, 5) is 0. The van der Waals surface area contributed by atoms with Crippen LogP contribution in [0.25, 0.3) is 0 Å². The molecular formula is C15H12Cl2F3N. The summed E-state index contributed by atoms with van der Waals surface area (Å²) in [5.74, 6) is 0. The second kappa shape index (κ2) is 6.16. The first-order chi connectivity index (χ1) is 9.79. The van der Waals surface area contributed by atoms with Gasteiger partial charge < -0.3 is 5.32 Å². The number of aryl methyl sites for hydroxylation is 1. The zero-order valence-electron chi connectivity index (χ0n) is 11.1. The molecule has 1 N–H and O–H groups in total. The number of halogens is 5. The Bertz CT molecular complexity index is 634. The lowest BCUT2D eigenvalue weighted by Crippen LogP contribution is -2.09. The van der Waals surface area contributed by atoms with Gasteiger partial charge in [0.05, 0.1) is 5.56 Å². The molecule has 0 radical (unpaired) electrons. The molecule has 0 heterocycles. The van der Waals surface area contributed by atoms with Crippen molar-refractivity contribution in [3.63, 3.8) is 0 Å². The van der Waals surface area contributed by atoms with Gasteiger partial charge in [0.2, 0.25) is 0 Å². The highest BCUT2D eigenvalue weighted by Crippen LogP contribution is 2.34. The van der Waals surface area contributed by atoms with Crippen molar-refractivity contribution in [3.8, 4) is 0 Å². The molecular weight excluding hydrogens is 322 g/mol. The predicted octanol–water partition coefficient (Wildman–Crippen LogP) is 5.93. The van der Waals surface area contributed by atoms with Crippen molar-refractivity contribution in [2.45, 2.75) is 19.6 Å². The molecule has 0 aliphatic heterocycles. The van der Waals surface area contributed by atoms with Crippen molar-refractivity contribution in [2.24, 2.45) is 0 Å². The van der Waals surface area contributed by atoms with E-state index < -0.39 is 11.7 Å². The van der Waals surface area contributed by atoms with Crippen LogP contribution in [0.1, 0.15) is 16.7 Å². The smallest absolute Gasteiger partial charge is 0.381 e. The highest BCUT2D eigenvalue weighted by molar-refractivity contribution is 6.36. The van der Waals surface area contributed by atoms with Crippen LogP contribution in [-0.4, -0.2) is 0 Å². The SMILES string of the molecule is Cc1ccc(NCc2c(Cl)cccc2Cl)cc1C(F)(F)F. The molecule has 0 atom stereocenters. The molecule has 21 heavy (non-hydrogen) atoms. The third-order valence-electron chi connectivity index (χ3n) is 3.07. The lowest BCUT2D eigenvalue weighted by molar-refractivity contribution is -0.138. The van der Waals surface area contributed by atoms with E-state index in [4.69, 9.17) is 23.2 Å². The van der Waals surface area contributed by atoms with Gasteiger partial charge in [-0.1, -0.05) is 35.3 Å². The number of benzene rings is 2. The second-order valence-corrected chi connectivity index (χ2v) is 5.40. The van der Waals surface area contributed by atoms with Crippen LogP contribution >= 0.6 is 23.2 Å². The molecule has 0 saturated heterocycles. The largest absolute Gasteiger partial charge is 0.416 e. The quantitative estimate of drug-likeness (QED) is 0.733. The summed E-state index contributed by atoms with van der Waals surface area (Å²) in [7, 11) is 0. The summed E-state index contributed by atoms with van der Waals surface area (Å²) in [6.07, 6.45) is -4.37. The van der Waals surface area contributed by atoms with Crippen molar-refractivity contribution in [1.29, 1.82) is 0 Å². The minimum atomic E-state index is -4.37. The number of alkyl halides is 3. The Labute approximate surface area is 130 Å². The second-order valence-electron chi connectivity index (χ2n) is 4.58. The fraction of sp³-hybridized carbons (Fsp3) is 0.200. The predicted molar refractivity (Wildman–Crippen MR) is 80.0 cm³/mol. The number of hydrogen-bond acceptors (Lipinski definition) is 1. The standard InChI is InChI=1S/C15H12Cl2F3N/c1-9-5-6-10(7-12(9)15(18,19)20)21-8-11-13(16)3-2-4-14(11)17/h2-7,21H,8H2,1H3. The molecule has 0 aliphatic carbocycles. The molecule has 2 aromatic rings. The Morgan fingerprint density at radius 1 is 1.05 bits per heavy atom. The van der Waals surface area contributed by atoms with Gasteiger partial charge in [-0.2, -0.15) is 13.2 Å². The van der Waals surface area contributed by atoms with Crippen LogP contribution in [0.2, 0.25) is 10.0 Å². The van der Waals surface area contributed by atoms with E-state index in [9.17, 15) is 13.2 Å². The van der Waals surface area contributed by atoms with E-state index in [2.05, 4.69) is 5.32 Å². The molecule has 0 saturated carbocycles. The first-order valence-electron chi connectivity index (χ1n) is 6.13. The fourth-order valence-electron chi connectivity index (χ4n) is 1.93. The Hall–Kier alpha value is -1.39. The molecule has 0 fully saturated rings. The monoisotopic (exact) mass is 333 g/mol. The van der Waals surface area contributed by atoms with Crippen LogP contribution in [0, 0.1) is 6.92 Å². The summed E-state index contributed by atoms with van der Waals surface area (Å²) >= 11 is 12.0. The fourth-order valence-corrected chi connectivity index (χ4v) is 2.46. The highest BCUT2D eigenvalue weighted by atomic mass is 35.5. The topological polar surface area (TPSA) is 12.0 Å². The molecule has 0 amide bonds. The molecule has 6 heteroatoms. The summed E-state index contributed by atoms with van der Waals surface area (Å²) < 4.78 is 38.6.